The summed E-state index contributed by atoms with van der Waals surface area (Å²) in [5.74, 6) is 0.257. The Morgan fingerprint density at radius 2 is 2.00 bits per heavy atom. The lowest BCUT2D eigenvalue weighted by Crippen LogP contribution is -2.45. The van der Waals surface area contributed by atoms with Crippen LogP contribution in [0.25, 0.3) is 11.0 Å². The number of amides is 1. The van der Waals surface area contributed by atoms with Crippen molar-refractivity contribution >= 4 is 28.5 Å². The number of hydrogen-bond acceptors (Lipinski definition) is 2. The first-order chi connectivity index (χ1) is 11.6. The van der Waals surface area contributed by atoms with Crippen molar-refractivity contribution in [3.63, 3.8) is 0 Å². The van der Waals surface area contributed by atoms with Gasteiger partial charge in [-0.2, -0.15) is 0 Å². The molecule has 0 radical (unpaired) electrons. The van der Waals surface area contributed by atoms with Crippen LogP contribution >= 0.6 is 11.6 Å². The topological polar surface area (TPSA) is 49.0 Å². The van der Waals surface area contributed by atoms with E-state index in [1.54, 1.807) is 6.07 Å². The Hall–Kier alpha value is -2.33. The molecule has 2 aromatic carbocycles. The van der Waals surface area contributed by atoms with Gasteiger partial charge in [0.2, 0.25) is 0 Å². The van der Waals surface area contributed by atoms with E-state index >= 15 is 0 Å². The number of H-pyrrole nitrogens is 1. The molecule has 0 saturated heterocycles. The number of hydrogen-bond donors (Lipinski definition) is 1. The maximum atomic E-state index is 13.1. The molecule has 24 heavy (non-hydrogen) atoms. The van der Waals surface area contributed by atoms with E-state index in [2.05, 4.69) is 42.0 Å². The minimum absolute atomic E-state index is 0.0149. The number of benzene rings is 2. The van der Waals surface area contributed by atoms with Crippen LogP contribution in [0.3, 0.4) is 0 Å². The fraction of sp³-hybridized carbons (Fsp3) is 0.263. The molecule has 0 spiro atoms. The summed E-state index contributed by atoms with van der Waals surface area (Å²) in [7, 11) is 0. The number of aromatic nitrogens is 2. The molecule has 1 aliphatic heterocycles. The molecule has 4 rings (SSSR count). The van der Waals surface area contributed by atoms with Crippen molar-refractivity contribution in [3.05, 3.63) is 64.4 Å². The summed E-state index contributed by atoms with van der Waals surface area (Å²) in [6.07, 6.45) is 0.854. The van der Waals surface area contributed by atoms with Gasteiger partial charge in [-0.15, -0.1) is 0 Å². The molecular weight excluding hydrogens is 322 g/mol. The lowest BCUT2D eigenvalue weighted by atomic mass is 9.89. The standard InChI is InChI=1S/C19H18ClN3O/c1-11-10-13-6-3-4-7-14(13)12(2)23(11)19(24)18-21-16-9-5-8-15(20)17(16)22-18/h3-9,11-12H,10H2,1-2H3,(H,21,22). The maximum absolute atomic E-state index is 13.1. The van der Waals surface area contributed by atoms with Crippen molar-refractivity contribution in [2.75, 3.05) is 0 Å². The molecule has 1 aliphatic rings. The molecule has 2 atom stereocenters. The van der Waals surface area contributed by atoms with Gasteiger partial charge < -0.3 is 9.88 Å². The number of nitrogens with one attached hydrogen (secondary N) is 1. The van der Waals surface area contributed by atoms with E-state index < -0.39 is 0 Å². The Morgan fingerprint density at radius 3 is 2.79 bits per heavy atom. The molecule has 2 unspecified atom stereocenters. The van der Waals surface area contributed by atoms with Gasteiger partial charge in [0, 0.05) is 6.04 Å². The third-order valence-electron chi connectivity index (χ3n) is 4.81. The Morgan fingerprint density at radius 1 is 1.21 bits per heavy atom. The largest absolute Gasteiger partial charge is 0.334 e. The predicted octanol–water partition coefficient (Wildman–Crippen LogP) is 4.36. The van der Waals surface area contributed by atoms with Crippen LogP contribution in [0.1, 0.15) is 41.6 Å². The molecule has 3 aromatic rings. The monoisotopic (exact) mass is 339 g/mol. The second kappa shape index (κ2) is 5.64. The van der Waals surface area contributed by atoms with Crippen LogP contribution in [0.4, 0.5) is 0 Å². The van der Waals surface area contributed by atoms with Crippen molar-refractivity contribution in [1.82, 2.24) is 14.9 Å². The maximum Gasteiger partial charge on any atom is 0.290 e. The van der Waals surface area contributed by atoms with E-state index in [1.807, 2.05) is 23.1 Å². The van der Waals surface area contributed by atoms with Gasteiger partial charge in [0.15, 0.2) is 5.82 Å². The van der Waals surface area contributed by atoms with Gasteiger partial charge in [0.05, 0.1) is 16.6 Å². The van der Waals surface area contributed by atoms with Gasteiger partial charge in [-0.25, -0.2) is 4.98 Å². The zero-order chi connectivity index (χ0) is 16.8. The number of carbonyl (C=O) groups is 1. The highest BCUT2D eigenvalue weighted by atomic mass is 35.5. The first kappa shape index (κ1) is 15.2. The van der Waals surface area contributed by atoms with Crippen molar-refractivity contribution in [2.45, 2.75) is 32.4 Å². The van der Waals surface area contributed by atoms with E-state index in [1.165, 1.54) is 11.1 Å². The fourth-order valence-electron chi connectivity index (χ4n) is 3.67. The minimum Gasteiger partial charge on any atom is -0.334 e. The average Bonchev–Trinajstić information content (AvgIpc) is 3.00. The van der Waals surface area contributed by atoms with E-state index in [4.69, 9.17) is 11.6 Å². The molecule has 0 aliphatic carbocycles. The second-order valence-corrected chi connectivity index (χ2v) is 6.77. The highest BCUT2D eigenvalue weighted by molar-refractivity contribution is 6.35. The molecule has 0 fully saturated rings. The third kappa shape index (κ3) is 2.29. The predicted molar refractivity (Wildman–Crippen MR) is 95.3 cm³/mol. The molecule has 4 nitrogen and oxygen atoms in total. The van der Waals surface area contributed by atoms with Crippen LogP contribution in [0.5, 0.6) is 0 Å². The van der Waals surface area contributed by atoms with Crippen molar-refractivity contribution in [1.29, 1.82) is 0 Å². The number of imidazole rings is 1. The summed E-state index contributed by atoms with van der Waals surface area (Å²) in [4.78, 5) is 22.6. The zero-order valence-corrected chi connectivity index (χ0v) is 14.3. The van der Waals surface area contributed by atoms with Crippen LogP contribution in [0.15, 0.2) is 42.5 Å². The molecule has 5 heteroatoms. The molecule has 0 bridgehead atoms. The molecular formula is C19H18ClN3O. The average molecular weight is 340 g/mol. The fourth-order valence-corrected chi connectivity index (χ4v) is 3.89. The summed E-state index contributed by atoms with van der Waals surface area (Å²) in [5, 5.41) is 0.549. The zero-order valence-electron chi connectivity index (χ0n) is 13.6. The number of halogens is 1. The summed E-state index contributed by atoms with van der Waals surface area (Å²) in [6.45, 7) is 4.15. The van der Waals surface area contributed by atoms with E-state index in [0.29, 0.717) is 16.4 Å². The van der Waals surface area contributed by atoms with Gasteiger partial charge in [0.1, 0.15) is 5.52 Å². The highest BCUT2D eigenvalue weighted by Crippen LogP contribution is 2.34. The lowest BCUT2D eigenvalue weighted by Gasteiger charge is -2.39. The number of carbonyl (C=O) groups excluding carboxylic acids is 1. The first-order valence-corrected chi connectivity index (χ1v) is 8.48. The number of para-hydroxylation sites is 1. The normalized spacial score (nSPS) is 20.2. The Bertz CT molecular complexity index is 933. The van der Waals surface area contributed by atoms with Crippen LogP contribution in [-0.4, -0.2) is 26.8 Å². The number of rotatable bonds is 1. The van der Waals surface area contributed by atoms with Gasteiger partial charge in [-0.3, -0.25) is 4.79 Å². The highest BCUT2D eigenvalue weighted by Gasteiger charge is 2.34. The third-order valence-corrected chi connectivity index (χ3v) is 5.12. The van der Waals surface area contributed by atoms with Crippen molar-refractivity contribution in [2.24, 2.45) is 0 Å². The molecule has 122 valence electrons. The summed E-state index contributed by atoms with van der Waals surface area (Å²) in [6, 6.07) is 14.0. The molecule has 0 saturated carbocycles. The summed E-state index contributed by atoms with van der Waals surface area (Å²) < 4.78 is 0. The molecule has 2 heterocycles. The molecule has 1 N–H and O–H groups in total. The molecule has 1 amide bonds. The number of nitrogens with zero attached hydrogens (tertiary/aromatic N) is 2. The smallest absolute Gasteiger partial charge is 0.290 e. The van der Waals surface area contributed by atoms with E-state index in [-0.39, 0.29) is 18.0 Å². The van der Waals surface area contributed by atoms with Gasteiger partial charge >= 0.3 is 0 Å². The Labute approximate surface area is 145 Å². The summed E-state index contributed by atoms with van der Waals surface area (Å²) >= 11 is 6.18. The minimum atomic E-state index is -0.0863. The van der Waals surface area contributed by atoms with E-state index in [0.717, 1.165) is 11.9 Å². The van der Waals surface area contributed by atoms with Crippen LogP contribution in [-0.2, 0) is 6.42 Å². The number of aromatic amines is 1. The first-order valence-electron chi connectivity index (χ1n) is 8.11. The second-order valence-electron chi connectivity index (χ2n) is 6.36. The van der Waals surface area contributed by atoms with E-state index in [9.17, 15) is 4.79 Å². The number of fused-ring (bicyclic) bond motifs is 2. The summed E-state index contributed by atoms with van der Waals surface area (Å²) in [5.41, 5.74) is 3.94. The van der Waals surface area contributed by atoms with Gasteiger partial charge in [-0.1, -0.05) is 41.9 Å². The van der Waals surface area contributed by atoms with Gasteiger partial charge in [0.25, 0.3) is 5.91 Å². The van der Waals surface area contributed by atoms with Crippen molar-refractivity contribution < 1.29 is 4.79 Å². The quantitative estimate of drug-likeness (QED) is 0.716. The Kier molecular flexibility index (Phi) is 3.57. The van der Waals surface area contributed by atoms with Crippen LogP contribution < -0.4 is 0 Å². The lowest BCUT2D eigenvalue weighted by molar-refractivity contribution is 0.0569. The van der Waals surface area contributed by atoms with Crippen molar-refractivity contribution in [3.8, 4) is 0 Å². The SMILES string of the molecule is CC1Cc2ccccc2C(C)N1C(=O)c1nc2c(Cl)cccc2[nH]1. The van der Waals surface area contributed by atoms with Crippen LogP contribution in [0.2, 0.25) is 5.02 Å². The molecule has 1 aromatic heterocycles. The van der Waals surface area contributed by atoms with Crippen LogP contribution in [0, 0.1) is 0 Å². The van der Waals surface area contributed by atoms with Gasteiger partial charge in [-0.05, 0) is 43.5 Å². The Balaban J connectivity index is 1.74.